The van der Waals surface area contributed by atoms with Crippen LogP contribution in [0.2, 0.25) is 0 Å². The molecule has 0 heterocycles. The summed E-state index contributed by atoms with van der Waals surface area (Å²) in [7, 11) is 0. The lowest BCUT2D eigenvalue weighted by Crippen LogP contribution is -2.26. The van der Waals surface area contributed by atoms with Crippen molar-refractivity contribution >= 4 is 0 Å². The Bertz CT molecular complexity index is 398. The average Bonchev–Trinajstić information content (AvgIpc) is 2.44. The summed E-state index contributed by atoms with van der Waals surface area (Å²) in [6, 6.07) is 5.11. The molecule has 1 aromatic carbocycles. The molecule has 1 aliphatic carbocycles. The van der Waals surface area contributed by atoms with E-state index in [2.05, 4.69) is 12.2 Å². The number of phenols is 2. The summed E-state index contributed by atoms with van der Waals surface area (Å²) in [6.45, 7) is 3.91. The predicted octanol–water partition coefficient (Wildman–Crippen LogP) is 3.40. The topological polar surface area (TPSA) is 52.5 Å². The highest BCUT2D eigenvalue weighted by Crippen LogP contribution is 2.31. The molecule has 1 aliphatic rings. The molecule has 0 aromatic heterocycles. The Balaban J connectivity index is 1.74. The lowest BCUT2D eigenvalue weighted by molar-refractivity contribution is 0.262. The molecule has 0 saturated heterocycles. The second-order valence-electron chi connectivity index (χ2n) is 5.71. The summed E-state index contributed by atoms with van der Waals surface area (Å²) in [6.07, 6.45) is 6.67. The molecule has 0 unspecified atom stereocenters. The van der Waals surface area contributed by atoms with Crippen molar-refractivity contribution in [3.05, 3.63) is 23.8 Å². The van der Waals surface area contributed by atoms with Gasteiger partial charge in [-0.2, -0.15) is 0 Å². The lowest BCUT2D eigenvalue weighted by atomic mass is 9.81. The Morgan fingerprint density at radius 3 is 2.47 bits per heavy atom. The van der Waals surface area contributed by atoms with Crippen LogP contribution in [0, 0.1) is 11.8 Å². The Kier molecular flexibility index (Phi) is 5.08. The van der Waals surface area contributed by atoms with Crippen molar-refractivity contribution in [2.75, 3.05) is 6.54 Å². The Morgan fingerprint density at radius 1 is 1.11 bits per heavy atom. The zero-order valence-electron chi connectivity index (χ0n) is 11.7. The van der Waals surface area contributed by atoms with Crippen LogP contribution in [0.1, 0.15) is 44.6 Å². The first-order valence-electron chi connectivity index (χ1n) is 7.41. The van der Waals surface area contributed by atoms with Crippen LogP contribution in [-0.2, 0) is 6.54 Å². The highest BCUT2D eigenvalue weighted by atomic mass is 16.3. The number of aromatic hydroxyl groups is 2. The average molecular weight is 263 g/mol. The van der Waals surface area contributed by atoms with Crippen molar-refractivity contribution < 1.29 is 10.2 Å². The highest BCUT2D eigenvalue weighted by Gasteiger charge is 2.19. The zero-order chi connectivity index (χ0) is 13.7. The first-order valence-corrected chi connectivity index (χ1v) is 7.41. The molecule has 1 saturated carbocycles. The van der Waals surface area contributed by atoms with Crippen LogP contribution in [0.3, 0.4) is 0 Å². The van der Waals surface area contributed by atoms with E-state index in [1.807, 2.05) is 6.07 Å². The van der Waals surface area contributed by atoms with Gasteiger partial charge in [-0.15, -0.1) is 0 Å². The molecular formula is C16H25NO2. The van der Waals surface area contributed by atoms with E-state index < -0.39 is 0 Å². The summed E-state index contributed by atoms with van der Waals surface area (Å²) in [5.41, 5.74) is 0.766. The van der Waals surface area contributed by atoms with E-state index in [1.54, 1.807) is 6.07 Å². The third-order valence-corrected chi connectivity index (χ3v) is 4.39. The number of benzene rings is 1. The molecule has 19 heavy (non-hydrogen) atoms. The first kappa shape index (κ1) is 14.2. The van der Waals surface area contributed by atoms with E-state index in [1.165, 1.54) is 38.2 Å². The van der Waals surface area contributed by atoms with E-state index in [9.17, 15) is 10.2 Å². The van der Waals surface area contributed by atoms with Gasteiger partial charge in [0.15, 0.2) is 11.5 Å². The monoisotopic (exact) mass is 263 g/mol. The number of nitrogens with one attached hydrogen (secondary N) is 1. The molecule has 3 heteroatoms. The molecule has 0 atom stereocenters. The SMILES string of the molecule is CCC1CCC(CNCc2cccc(O)c2O)CC1. The molecule has 0 bridgehead atoms. The second kappa shape index (κ2) is 6.80. The molecular weight excluding hydrogens is 238 g/mol. The minimum Gasteiger partial charge on any atom is -0.504 e. The van der Waals surface area contributed by atoms with E-state index in [0.717, 1.165) is 23.9 Å². The maximum absolute atomic E-state index is 9.71. The molecule has 1 aromatic rings. The molecule has 0 radical (unpaired) electrons. The summed E-state index contributed by atoms with van der Waals surface area (Å²) in [4.78, 5) is 0. The van der Waals surface area contributed by atoms with Crippen LogP contribution in [-0.4, -0.2) is 16.8 Å². The summed E-state index contributed by atoms with van der Waals surface area (Å²) < 4.78 is 0. The van der Waals surface area contributed by atoms with Gasteiger partial charge in [-0.3, -0.25) is 0 Å². The number of hydrogen-bond donors (Lipinski definition) is 3. The maximum Gasteiger partial charge on any atom is 0.161 e. The van der Waals surface area contributed by atoms with Gasteiger partial charge in [0.05, 0.1) is 0 Å². The Morgan fingerprint density at radius 2 is 1.79 bits per heavy atom. The van der Waals surface area contributed by atoms with Crippen LogP contribution in [0.15, 0.2) is 18.2 Å². The van der Waals surface area contributed by atoms with E-state index in [4.69, 9.17) is 0 Å². The second-order valence-corrected chi connectivity index (χ2v) is 5.71. The quantitative estimate of drug-likeness (QED) is 0.714. The van der Waals surface area contributed by atoms with Crippen molar-refractivity contribution in [1.29, 1.82) is 0 Å². The highest BCUT2D eigenvalue weighted by molar-refractivity contribution is 5.44. The van der Waals surface area contributed by atoms with Crippen molar-refractivity contribution in [2.24, 2.45) is 11.8 Å². The smallest absolute Gasteiger partial charge is 0.161 e. The van der Waals surface area contributed by atoms with Gasteiger partial charge < -0.3 is 15.5 Å². The molecule has 3 nitrogen and oxygen atoms in total. The molecule has 0 spiro atoms. The molecule has 2 rings (SSSR count). The van der Waals surface area contributed by atoms with Gasteiger partial charge in [0, 0.05) is 12.1 Å². The van der Waals surface area contributed by atoms with Crippen molar-refractivity contribution in [1.82, 2.24) is 5.32 Å². The third-order valence-electron chi connectivity index (χ3n) is 4.39. The van der Waals surface area contributed by atoms with Crippen LogP contribution >= 0.6 is 0 Å². The fourth-order valence-electron chi connectivity index (χ4n) is 2.98. The van der Waals surface area contributed by atoms with Gasteiger partial charge in [-0.1, -0.05) is 38.3 Å². The Labute approximate surface area is 115 Å². The number of hydrogen-bond acceptors (Lipinski definition) is 3. The summed E-state index contributed by atoms with van der Waals surface area (Å²) in [5.74, 6) is 1.67. The van der Waals surface area contributed by atoms with Crippen LogP contribution in [0.4, 0.5) is 0 Å². The molecule has 0 aliphatic heterocycles. The van der Waals surface area contributed by atoms with E-state index >= 15 is 0 Å². The maximum atomic E-state index is 9.71. The normalized spacial score (nSPS) is 23.4. The minimum atomic E-state index is -0.0391. The van der Waals surface area contributed by atoms with Gasteiger partial charge in [0.2, 0.25) is 0 Å². The standard InChI is InChI=1S/C16H25NO2/c1-2-12-6-8-13(9-7-12)10-17-11-14-4-3-5-15(18)16(14)19/h3-5,12-13,17-19H,2,6-11H2,1H3. The van der Waals surface area contributed by atoms with Crippen LogP contribution < -0.4 is 5.32 Å². The molecule has 0 amide bonds. The van der Waals surface area contributed by atoms with E-state index in [-0.39, 0.29) is 11.5 Å². The third kappa shape index (κ3) is 3.87. The number of rotatable bonds is 5. The fourth-order valence-corrected chi connectivity index (χ4v) is 2.98. The number of para-hydroxylation sites is 1. The summed E-state index contributed by atoms with van der Waals surface area (Å²) >= 11 is 0. The molecule has 1 fully saturated rings. The van der Waals surface area contributed by atoms with Crippen LogP contribution in [0.5, 0.6) is 11.5 Å². The summed E-state index contributed by atoms with van der Waals surface area (Å²) in [5, 5.41) is 22.5. The predicted molar refractivity (Wildman–Crippen MR) is 77.2 cm³/mol. The first-order chi connectivity index (χ1) is 9.20. The van der Waals surface area contributed by atoms with E-state index in [0.29, 0.717) is 6.54 Å². The zero-order valence-corrected chi connectivity index (χ0v) is 11.7. The lowest BCUT2D eigenvalue weighted by Gasteiger charge is -2.28. The largest absolute Gasteiger partial charge is 0.504 e. The van der Waals surface area contributed by atoms with Gasteiger partial charge >= 0.3 is 0 Å². The van der Waals surface area contributed by atoms with Crippen LogP contribution in [0.25, 0.3) is 0 Å². The molecule has 3 N–H and O–H groups in total. The van der Waals surface area contributed by atoms with Gasteiger partial charge in [0.1, 0.15) is 0 Å². The fraction of sp³-hybridized carbons (Fsp3) is 0.625. The minimum absolute atomic E-state index is 0.00434. The van der Waals surface area contributed by atoms with Crippen molar-refractivity contribution in [3.8, 4) is 11.5 Å². The Hall–Kier alpha value is -1.22. The number of phenolic OH excluding ortho intramolecular Hbond substituents is 2. The van der Waals surface area contributed by atoms with Gasteiger partial charge in [-0.25, -0.2) is 0 Å². The van der Waals surface area contributed by atoms with Crippen molar-refractivity contribution in [3.63, 3.8) is 0 Å². The van der Waals surface area contributed by atoms with Crippen molar-refractivity contribution in [2.45, 2.75) is 45.6 Å². The van der Waals surface area contributed by atoms with Gasteiger partial charge in [-0.05, 0) is 37.3 Å². The molecule has 106 valence electrons. The van der Waals surface area contributed by atoms with Gasteiger partial charge in [0.25, 0.3) is 0 Å².